The van der Waals surface area contributed by atoms with Crippen molar-refractivity contribution in [3.63, 3.8) is 0 Å². The maximum atomic E-state index is 8.61. The molecule has 0 saturated heterocycles. The lowest BCUT2D eigenvalue weighted by Crippen LogP contribution is -1.87. The monoisotopic (exact) mass is 205 g/mol. The second kappa shape index (κ2) is 8.49. The molecule has 0 saturated carbocycles. The topological polar surface area (TPSA) is 20.2 Å². The lowest BCUT2D eigenvalue weighted by Gasteiger charge is -2.01. The van der Waals surface area contributed by atoms with Crippen LogP contribution >= 0.6 is 0 Å². The normalized spacial score (nSPS) is 10.5. The molecule has 15 heavy (non-hydrogen) atoms. The smallest absolute Gasteiger partial charge is 0.0431 e. The van der Waals surface area contributed by atoms with Gasteiger partial charge in [-0.2, -0.15) is 0 Å². The second-order valence-corrected chi connectivity index (χ2v) is 3.98. The molecule has 1 heteroatoms. The molecule has 0 unspecified atom stereocenters. The number of aliphatic hydroxyl groups excluding tert-OH is 1. The molecule has 0 atom stereocenters. The zero-order valence-electron chi connectivity index (χ0n) is 9.41. The van der Waals surface area contributed by atoms with Gasteiger partial charge in [0.25, 0.3) is 0 Å². The number of hydrogen-bond acceptors (Lipinski definition) is 1. The summed E-state index contributed by atoms with van der Waals surface area (Å²) >= 11 is 0. The third-order valence-electron chi connectivity index (χ3n) is 2.63. The van der Waals surface area contributed by atoms with E-state index in [-0.39, 0.29) is 0 Å². The summed E-state index contributed by atoms with van der Waals surface area (Å²) in [5.41, 5.74) is 1.33. The van der Waals surface area contributed by atoms with Crippen LogP contribution in [0.5, 0.6) is 0 Å². The first kappa shape index (κ1) is 12.3. The van der Waals surface area contributed by atoms with Crippen molar-refractivity contribution in [3.05, 3.63) is 35.9 Å². The summed E-state index contributed by atoms with van der Waals surface area (Å²) < 4.78 is 0. The van der Waals surface area contributed by atoms with Crippen molar-refractivity contribution < 1.29 is 5.11 Å². The number of rotatable bonds is 8. The Balaban J connectivity index is 1.93. The lowest BCUT2D eigenvalue weighted by atomic mass is 10.1. The van der Waals surface area contributed by atoms with E-state index in [1.165, 1.54) is 37.7 Å². The van der Waals surface area contributed by atoms with Gasteiger partial charge in [-0.1, -0.05) is 49.9 Å². The minimum Gasteiger partial charge on any atom is -0.396 e. The molecule has 0 fully saturated rings. The first-order valence-corrected chi connectivity index (χ1v) is 6.00. The molecular formula is C14H21O. The van der Waals surface area contributed by atoms with Gasteiger partial charge in [-0.3, -0.25) is 0 Å². The number of aliphatic hydroxyl groups is 1. The fourth-order valence-corrected chi connectivity index (χ4v) is 1.72. The quantitative estimate of drug-likeness (QED) is 0.645. The Labute approximate surface area is 93.1 Å². The van der Waals surface area contributed by atoms with Crippen molar-refractivity contribution in [3.8, 4) is 0 Å². The standard InChI is InChI=1S/C14H21O/c15-13-9-4-2-1-3-6-10-14-11-7-5-8-12-14/h5,7-8,11,15H,1-4,6,9-10,13H2. The largest absolute Gasteiger partial charge is 0.396 e. The summed E-state index contributed by atoms with van der Waals surface area (Å²) in [5, 5.41) is 8.61. The van der Waals surface area contributed by atoms with E-state index in [1.807, 2.05) is 12.1 Å². The molecule has 1 aromatic rings. The van der Waals surface area contributed by atoms with Crippen LogP contribution in [-0.2, 0) is 6.42 Å². The Morgan fingerprint density at radius 1 is 0.933 bits per heavy atom. The van der Waals surface area contributed by atoms with Crippen LogP contribution in [0.3, 0.4) is 0 Å². The molecule has 1 radical (unpaired) electrons. The SMILES string of the molecule is OCCCCCCCCc1[c]cccc1. The van der Waals surface area contributed by atoms with E-state index in [0.29, 0.717) is 6.61 Å². The fraction of sp³-hybridized carbons (Fsp3) is 0.571. The molecule has 0 spiro atoms. The highest BCUT2D eigenvalue weighted by Crippen LogP contribution is 2.09. The molecule has 0 bridgehead atoms. The highest BCUT2D eigenvalue weighted by Gasteiger charge is 1.93. The summed E-state index contributed by atoms with van der Waals surface area (Å²) in [6.45, 7) is 0.346. The van der Waals surface area contributed by atoms with Crippen molar-refractivity contribution in [2.45, 2.75) is 44.9 Å². The molecule has 1 nitrogen and oxygen atoms in total. The van der Waals surface area contributed by atoms with Crippen molar-refractivity contribution in [1.29, 1.82) is 0 Å². The van der Waals surface area contributed by atoms with Crippen LogP contribution < -0.4 is 0 Å². The van der Waals surface area contributed by atoms with Gasteiger partial charge in [0, 0.05) is 6.61 Å². The second-order valence-electron chi connectivity index (χ2n) is 3.98. The Morgan fingerprint density at radius 3 is 2.33 bits per heavy atom. The van der Waals surface area contributed by atoms with Crippen LogP contribution in [0, 0.1) is 6.07 Å². The van der Waals surface area contributed by atoms with Crippen molar-refractivity contribution in [1.82, 2.24) is 0 Å². The van der Waals surface area contributed by atoms with Gasteiger partial charge >= 0.3 is 0 Å². The third-order valence-corrected chi connectivity index (χ3v) is 2.63. The predicted molar refractivity (Wildman–Crippen MR) is 63.8 cm³/mol. The molecule has 1 rings (SSSR count). The van der Waals surface area contributed by atoms with Gasteiger partial charge in [0.1, 0.15) is 0 Å². The predicted octanol–water partition coefficient (Wildman–Crippen LogP) is 3.36. The van der Waals surface area contributed by atoms with Gasteiger partial charge in [0.2, 0.25) is 0 Å². The van der Waals surface area contributed by atoms with Crippen LogP contribution in [0.25, 0.3) is 0 Å². The van der Waals surface area contributed by atoms with Gasteiger partial charge < -0.3 is 5.11 Å². The molecule has 0 heterocycles. The van der Waals surface area contributed by atoms with Crippen molar-refractivity contribution in [2.75, 3.05) is 6.61 Å². The molecule has 1 N–H and O–H groups in total. The molecule has 0 aliphatic carbocycles. The van der Waals surface area contributed by atoms with Crippen molar-refractivity contribution >= 4 is 0 Å². The summed E-state index contributed by atoms with van der Waals surface area (Å²) in [4.78, 5) is 0. The van der Waals surface area contributed by atoms with Gasteiger partial charge in [-0.15, -0.1) is 0 Å². The molecule has 0 aliphatic rings. The highest BCUT2D eigenvalue weighted by atomic mass is 16.2. The molecule has 0 amide bonds. The van der Waals surface area contributed by atoms with E-state index in [2.05, 4.69) is 18.2 Å². The fourth-order valence-electron chi connectivity index (χ4n) is 1.72. The minimum atomic E-state index is 0.346. The van der Waals surface area contributed by atoms with Gasteiger partial charge in [0.15, 0.2) is 0 Å². The molecule has 0 aromatic heterocycles. The van der Waals surface area contributed by atoms with E-state index in [9.17, 15) is 0 Å². The Morgan fingerprint density at radius 2 is 1.67 bits per heavy atom. The van der Waals surface area contributed by atoms with Gasteiger partial charge in [-0.05, 0) is 30.9 Å². The summed E-state index contributed by atoms with van der Waals surface area (Å²) in [6.07, 6.45) is 8.42. The van der Waals surface area contributed by atoms with E-state index in [0.717, 1.165) is 12.8 Å². The van der Waals surface area contributed by atoms with E-state index < -0.39 is 0 Å². The summed E-state index contributed by atoms with van der Waals surface area (Å²) in [6, 6.07) is 11.5. The molecule has 1 aromatic carbocycles. The van der Waals surface area contributed by atoms with E-state index in [1.54, 1.807) is 0 Å². The molecule has 83 valence electrons. The lowest BCUT2D eigenvalue weighted by molar-refractivity contribution is 0.282. The van der Waals surface area contributed by atoms with Gasteiger partial charge in [0.05, 0.1) is 0 Å². The minimum absolute atomic E-state index is 0.346. The first-order valence-electron chi connectivity index (χ1n) is 6.00. The average Bonchev–Trinajstić information content (AvgIpc) is 2.29. The maximum absolute atomic E-state index is 8.61. The highest BCUT2D eigenvalue weighted by molar-refractivity contribution is 5.12. The molecule has 0 aliphatic heterocycles. The maximum Gasteiger partial charge on any atom is 0.0431 e. The van der Waals surface area contributed by atoms with E-state index >= 15 is 0 Å². The zero-order valence-corrected chi connectivity index (χ0v) is 9.41. The zero-order chi connectivity index (χ0) is 10.8. The average molecular weight is 205 g/mol. The van der Waals surface area contributed by atoms with Gasteiger partial charge in [-0.25, -0.2) is 0 Å². The van der Waals surface area contributed by atoms with Crippen LogP contribution in [0.15, 0.2) is 24.3 Å². The Bertz CT molecular complexity index is 230. The Hall–Kier alpha value is -0.820. The summed E-state index contributed by atoms with van der Waals surface area (Å²) in [5.74, 6) is 0. The number of aryl methyl sites for hydroxylation is 1. The number of hydrogen-bond donors (Lipinski definition) is 1. The van der Waals surface area contributed by atoms with Crippen LogP contribution in [0.2, 0.25) is 0 Å². The number of unbranched alkanes of at least 4 members (excludes halogenated alkanes) is 5. The van der Waals surface area contributed by atoms with E-state index in [4.69, 9.17) is 5.11 Å². The molecular weight excluding hydrogens is 184 g/mol. The van der Waals surface area contributed by atoms with Crippen molar-refractivity contribution in [2.24, 2.45) is 0 Å². The first-order chi connectivity index (χ1) is 7.43. The van der Waals surface area contributed by atoms with Crippen LogP contribution in [0.4, 0.5) is 0 Å². The van der Waals surface area contributed by atoms with Crippen LogP contribution in [0.1, 0.15) is 44.1 Å². The Kier molecular flexibility index (Phi) is 6.93. The summed E-state index contributed by atoms with van der Waals surface area (Å²) in [7, 11) is 0. The van der Waals surface area contributed by atoms with Crippen LogP contribution in [-0.4, -0.2) is 11.7 Å². The number of benzene rings is 1. The third kappa shape index (κ3) is 6.29.